The molecule has 0 aliphatic carbocycles. The van der Waals surface area contributed by atoms with E-state index >= 15 is 0 Å². The molecule has 0 bridgehead atoms. The van der Waals surface area contributed by atoms with Crippen molar-refractivity contribution in [2.24, 2.45) is 5.41 Å². The van der Waals surface area contributed by atoms with Gasteiger partial charge in [0.1, 0.15) is 0 Å². The molecule has 1 rings (SSSR count). The molecule has 0 aliphatic heterocycles. The first kappa shape index (κ1) is 16.8. The highest BCUT2D eigenvalue weighted by Crippen LogP contribution is 2.27. The summed E-state index contributed by atoms with van der Waals surface area (Å²) in [5.41, 5.74) is 0.393. The molecule has 1 unspecified atom stereocenters. The lowest BCUT2D eigenvalue weighted by Gasteiger charge is -2.31. The minimum absolute atomic E-state index is 0.0298. The van der Waals surface area contributed by atoms with Gasteiger partial charge in [-0.3, -0.25) is 4.79 Å². The van der Waals surface area contributed by atoms with E-state index in [4.69, 9.17) is 4.74 Å². The number of carbonyl (C=O) groups excluding carboxylic acids is 1. The highest BCUT2D eigenvalue weighted by molar-refractivity contribution is 9.09. The number of rotatable bonds is 5. The zero-order chi connectivity index (χ0) is 15.3. The number of carbonyl (C=O) groups is 1. The van der Waals surface area contributed by atoms with Crippen molar-refractivity contribution >= 4 is 21.8 Å². The van der Waals surface area contributed by atoms with E-state index in [1.165, 1.54) is 13.2 Å². The summed E-state index contributed by atoms with van der Waals surface area (Å²) in [6, 6.07) is 4.70. The summed E-state index contributed by atoms with van der Waals surface area (Å²) in [6.07, 6.45) is 0.845. The predicted octanol–water partition coefficient (Wildman–Crippen LogP) is 3.33. The number of alkyl halides is 1. The fraction of sp³-hybridized carbons (Fsp3) is 0.533. The molecule has 1 atom stereocenters. The first-order chi connectivity index (χ1) is 9.29. The van der Waals surface area contributed by atoms with E-state index in [0.717, 1.165) is 11.8 Å². The Labute approximate surface area is 128 Å². The number of aromatic hydroxyl groups is 1. The van der Waals surface area contributed by atoms with Gasteiger partial charge < -0.3 is 15.2 Å². The maximum Gasteiger partial charge on any atom is 0.251 e. The molecule has 0 spiro atoms. The maximum absolute atomic E-state index is 12.3. The second-order valence-corrected chi connectivity index (χ2v) is 6.55. The molecule has 1 amide bonds. The lowest BCUT2D eigenvalue weighted by atomic mass is 9.85. The van der Waals surface area contributed by atoms with Crippen LogP contribution in [0.1, 0.15) is 37.6 Å². The van der Waals surface area contributed by atoms with E-state index in [1.54, 1.807) is 12.1 Å². The van der Waals surface area contributed by atoms with Gasteiger partial charge in [-0.15, -0.1) is 0 Å². The number of phenolic OH excluding ortho intramolecular Hbond substituents is 1. The van der Waals surface area contributed by atoms with Crippen molar-refractivity contribution in [1.29, 1.82) is 0 Å². The number of hydrogen-bond acceptors (Lipinski definition) is 3. The summed E-state index contributed by atoms with van der Waals surface area (Å²) in [7, 11) is 1.47. The Kier molecular flexibility index (Phi) is 5.87. The quantitative estimate of drug-likeness (QED) is 0.806. The molecule has 0 heterocycles. The molecule has 0 saturated carbocycles. The van der Waals surface area contributed by atoms with Gasteiger partial charge in [0, 0.05) is 16.9 Å². The standard InChI is InChI=1S/C15H22BrNO3/c1-15(2,3)13(7-8-16)17-14(19)10-5-6-12(20-4)11(18)9-10/h5-6,9,13,18H,7-8H2,1-4H3,(H,17,19). The van der Waals surface area contributed by atoms with Crippen LogP contribution in [0.3, 0.4) is 0 Å². The van der Waals surface area contributed by atoms with E-state index in [9.17, 15) is 9.90 Å². The van der Waals surface area contributed by atoms with Crippen LogP contribution in [0.15, 0.2) is 18.2 Å². The number of amides is 1. The molecule has 0 saturated heterocycles. The van der Waals surface area contributed by atoms with Crippen LogP contribution in [-0.4, -0.2) is 29.5 Å². The normalized spacial score (nSPS) is 12.8. The van der Waals surface area contributed by atoms with E-state index in [-0.39, 0.29) is 23.1 Å². The number of ether oxygens (including phenoxy) is 1. The topological polar surface area (TPSA) is 58.6 Å². The van der Waals surface area contributed by atoms with Gasteiger partial charge in [0.05, 0.1) is 7.11 Å². The Morgan fingerprint density at radius 3 is 2.55 bits per heavy atom. The summed E-state index contributed by atoms with van der Waals surface area (Å²) < 4.78 is 4.97. The average molecular weight is 344 g/mol. The Morgan fingerprint density at radius 2 is 2.10 bits per heavy atom. The van der Waals surface area contributed by atoms with Crippen LogP contribution in [0, 0.1) is 5.41 Å². The Balaban J connectivity index is 2.86. The summed E-state index contributed by atoms with van der Waals surface area (Å²) in [4.78, 5) is 12.3. The number of phenols is 1. The fourth-order valence-electron chi connectivity index (χ4n) is 1.90. The predicted molar refractivity (Wildman–Crippen MR) is 83.8 cm³/mol. The smallest absolute Gasteiger partial charge is 0.251 e. The SMILES string of the molecule is COc1ccc(C(=O)NC(CCBr)C(C)(C)C)cc1O. The number of nitrogens with one attached hydrogen (secondary N) is 1. The van der Waals surface area contributed by atoms with Crippen LogP contribution in [-0.2, 0) is 0 Å². The lowest BCUT2D eigenvalue weighted by Crippen LogP contribution is -2.44. The molecule has 0 aromatic heterocycles. The zero-order valence-corrected chi connectivity index (χ0v) is 14.0. The highest BCUT2D eigenvalue weighted by Gasteiger charge is 2.26. The molecular formula is C15H22BrNO3. The highest BCUT2D eigenvalue weighted by atomic mass is 79.9. The molecule has 112 valence electrons. The summed E-state index contributed by atoms with van der Waals surface area (Å²) in [5, 5.41) is 13.6. The Bertz CT molecular complexity index is 469. The van der Waals surface area contributed by atoms with Gasteiger partial charge in [0.15, 0.2) is 11.5 Å². The monoisotopic (exact) mass is 343 g/mol. The van der Waals surface area contributed by atoms with Crippen molar-refractivity contribution in [1.82, 2.24) is 5.32 Å². The molecule has 4 nitrogen and oxygen atoms in total. The van der Waals surface area contributed by atoms with Crippen molar-refractivity contribution in [2.75, 3.05) is 12.4 Å². The van der Waals surface area contributed by atoms with Crippen LogP contribution in [0.4, 0.5) is 0 Å². The average Bonchev–Trinajstić information content (AvgIpc) is 2.36. The fourth-order valence-corrected chi connectivity index (χ4v) is 2.36. The van der Waals surface area contributed by atoms with Gasteiger partial charge in [0.2, 0.25) is 0 Å². The Hall–Kier alpha value is -1.23. The van der Waals surface area contributed by atoms with E-state index in [0.29, 0.717) is 11.3 Å². The molecule has 20 heavy (non-hydrogen) atoms. The first-order valence-electron chi connectivity index (χ1n) is 6.53. The second-order valence-electron chi connectivity index (χ2n) is 5.76. The first-order valence-corrected chi connectivity index (χ1v) is 7.65. The second kappa shape index (κ2) is 6.97. The largest absolute Gasteiger partial charge is 0.504 e. The van der Waals surface area contributed by atoms with E-state index in [2.05, 4.69) is 42.0 Å². The van der Waals surface area contributed by atoms with E-state index in [1.807, 2.05) is 0 Å². The van der Waals surface area contributed by atoms with Crippen LogP contribution in [0.2, 0.25) is 0 Å². The maximum atomic E-state index is 12.3. The molecule has 0 aliphatic rings. The third-order valence-corrected chi connectivity index (χ3v) is 3.65. The molecule has 1 aromatic carbocycles. The van der Waals surface area contributed by atoms with Crippen LogP contribution < -0.4 is 10.1 Å². The summed E-state index contributed by atoms with van der Waals surface area (Å²) >= 11 is 3.41. The third kappa shape index (κ3) is 4.40. The van der Waals surface area contributed by atoms with Gasteiger partial charge in [-0.05, 0) is 30.0 Å². The number of methoxy groups -OCH3 is 1. The number of halogens is 1. The van der Waals surface area contributed by atoms with Gasteiger partial charge in [-0.2, -0.15) is 0 Å². The van der Waals surface area contributed by atoms with Crippen LogP contribution in [0.5, 0.6) is 11.5 Å². The van der Waals surface area contributed by atoms with Crippen molar-refractivity contribution in [3.63, 3.8) is 0 Å². The molecule has 5 heteroatoms. The van der Waals surface area contributed by atoms with Crippen molar-refractivity contribution in [3.05, 3.63) is 23.8 Å². The van der Waals surface area contributed by atoms with Crippen molar-refractivity contribution < 1.29 is 14.6 Å². The van der Waals surface area contributed by atoms with E-state index < -0.39 is 0 Å². The van der Waals surface area contributed by atoms with Gasteiger partial charge in [-0.1, -0.05) is 36.7 Å². The van der Waals surface area contributed by atoms with Gasteiger partial charge >= 0.3 is 0 Å². The molecular weight excluding hydrogens is 322 g/mol. The molecule has 0 fully saturated rings. The van der Waals surface area contributed by atoms with Crippen molar-refractivity contribution in [2.45, 2.75) is 33.2 Å². The third-order valence-electron chi connectivity index (χ3n) is 3.19. The molecule has 0 radical (unpaired) electrons. The lowest BCUT2D eigenvalue weighted by molar-refractivity contribution is 0.0900. The Morgan fingerprint density at radius 1 is 1.45 bits per heavy atom. The minimum Gasteiger partial charge on any atom is -0.504 e. The molecule has 1 aromatic rings. The van der Waals surface area contributed by atoms with Crippen LogP contribution >= 0.6 is 15.9 Å². The number of benzene rings is 1. The minimum atomic E-state index is -0.191. The number of hydrogen-bond donors (Lipinski definition) is 2. The zero-order valence-electron chi connectivity index (χ0n) is 12.4. The van der Waals surface area contributed by atoms with Gasteiger partial charge in [0.25, 0.3) is 5.91 Å². The molecule has 2 N–H and O–H groups in total. The van der Waals surface area contributed by atoms with Crippen molar-refractivity contribution in [3.8, 4) is 11.5 Å². The van der Waals surface area contributed by atoms with Crippen LogP contribution in [0.25, 0.3) is 0 Å². The van der Waals surface area contributed by atoms with Gasteiger partial charge in [-0.25, -0.2) is 0 Å². The summed E-state index contributed by atoms with van der Waals surface area (Å²) in [5.74, 6) is 0.131. The summed E-state index contributed by atoms with van der Waals surface area (Å²) in [6.45, 7) is 6.27.